The van der Waals surface area contributed by atoms with E-state index < -0.39 is 5.91 Å². The van der Waals surface area contributed by atoms with E-state index in [-0.39, 0.29) is 11.1 Å². The number of hydrogen-bond donors (Lipinski definition) is 1. The molecule has 0 saturated heterocycles. The maximum atomic E-state index is 11.7. The van der Waals surface area contributed by atoms with Crippen LogP contribution in [0.5, 0.6) is 0 Å². The molecule has 2 N–H and O–H groups in total. The summed E-state index contributed by atoms with van der Waals surface area (Å²) in [5.74, 6) is -0.635. The van der Waals surface area contributed by atoms with Crippen LogP contribution in [0.1, 0.15) is 21.5 Å². The van der Waals surface area contributed by atoms with Crippen LogP contribution in [0.15, 0.2) is 57.9 Å². The fourth-order valence-corrected chi connectivity index (χ4v) is 2.20. The zero-order chi connectivity index (χ0) is 16.4. The van der Waals surface area contributed by atoms with Gasteiger partial charge in [-0.25, -0.2) is 4.99 Å². The van der Waals surface area contributed by atoms with Crippen molar-refractivity contribution >= 4 is 22.6 Å². The summed E-state index contributed by atoms with van der Waals surface area (Å²) in [6, 6.07) is 16.1. The van der Waals surface area contributed by atoms with E-state index in [0.717, 1.165) is 5.56 Å². The molecule has 1 aromatic heterocycles. The van der Waals surface area contributed by atoms with Gasteiger partial charge in [-0.1, -0.05) is 17.7 Å². The molecule has 5 heteroatoms. The summed E-state index contributed by atoms with van der Waals surface area (Å²) >= 11 is 0. The van der Waals surface area contributed by atoms with Gasteiger partial charge in [0.15, 0.2) is 0 Å². The van der Waals surface area contributed by atoms with Crippen molar-refractivity contribution in [2.24, 2.45) is 10.7 Å². The number of amides is 1. The molecule has 0 saturated carbocycles. The third kappa shape index (κ3) is 2.97. The smallest absolute Gasteiger partial charge is 0.254 e. The topological polar surface area (TPSA) is 92.4 Å². The Labute approximate surface area is 132 Å². The Morgan fingerprint density at radius 1 is 1.17 bits per heavy atom. The van der Waals surface area contributed by atoms with Crippen molar-refractivity contribution in [3.05, 3.63) is 70.8 Å². The quantitative estimate of drug-likeness (QED) is 0.788. The van der Waals surface area contributed by atoms with Crippen molar-refractivity contribution < 1.29 is 9.21 Å². The molecule has 0 aliphatic carbocycles. The van der Waals surface area contributed by atoms with Crippen LogP contribution in [-0.4, -0.2) is 5.91 Å². The first-order valence-corrected chi connectivity index (χ1v) is 6.96. The summed E-state index contributed by atoms with van der Waals surface area (Å²) in [7, 11) is 0. The van der Waals surface area contributed by atoms with Crippen LogP contribution in [0.4, 0.5) is 5.69 Å². The number of carbonyl (C=O) groups is 1. The second-order valence-electron chi connectivity index (χ2n) is 5.14. The third-order valence-corrected chi connectivity index (χ3v) is 3.41. The molecular weight excluding hydrogens is 290 g/mol. The van der Waals surface area contributed by atoms with E-state index in [1.165, 1.54) is 0 Å². The van der Waals surface area contributed by atoms with Gasteiger partial charge in [0.2, 0.25) is 5.55 Å². The van der Waals surface area contributed by atoms with Gasteiger partial charge in [0.05, 0.1) is 17.3 Å². The summed E-state index contributed by atoms with van der Waals surface area (Å²) < 4.78 is 5.71. The van der Waals surface area contributed by atoms with E-state index >= 15 is 0 Å². The lowest BCUT2D eigenvalue weighted by atomic mass is 10.1. The fraction of sp³-hybridized carbons (Fsp3) is 0.0556. The highest BCUT2D eigenvalue weighted by molar-refractivity contribution is 5.95. The van der Waals surface area contributed by atoms with E-state index in [9.17, 15) is 4.79 Å². The van der Waals surface area contributed by atoms with E-state index in [2.05, 4.69) is 4.99 Å². The summed E-state index contributed by atoms with van der Waals surface area (Å²) in [5, 5.41) is 9.58. The molecule has 23 heavy (non-hydrogen) atoms. The first-order valence-electron chi connectivity index (χ1n) is 6.96. The van der Waals surface area contributed by atoms with Gasteiger partial charge in [-0.05, 0) is 43.3 Å². The monoisotopic (exact) mass is 303 g/mol. The van der Waals surface area contributed by atoms with Gasteiger partial charge in [-0.2, -0.15) is 5.26 Å². The van der Waals surface area contributed by atoms with Crippen molar-refractivity contribution in [2.45, 2.75) is 6.92 Å². The van der Waals surface area contributed by atoms with Gasteiger partial charge in [0, 0.05) is 5.39 Å². The molecular formula is C18H13N3O2. The van der Waals surface area contributed by atoms with Crippen molar-refractivity contribution in [1.82, 2.24) is 0 Å². The summed E-state index contributed by atoms with van der Waals surface area (Å²) in [4.78, 5) is 16.1. The maximum Gasteiger partial charge on any atom is 0.254 e. The largest absolute Gasteiger partial charge is 0.438 e. The number of carbonyl (C=O) groups excluding carboxylic acids is 1. The number of rotatable bonds is 2. The number of primary amides is 1. The summed E-state index contributed by atoms with van der Waals surface area (Å²) in [6.45, 7) is 1.98. The average Bonchev–Trinajstić information content (AvgIpc) is 2.55. The standard InChI is InChI=1S/C18H13N3O2/c1-11-2-5-14(6-3-11)21-18-15(17(20)22)9-13-8-12(10-19)4-7-16(13)23-18/h2-9H,1H3,(H2,20,22)/b21-18-. The van der Waals surface area contributed by atoms with Crippen LogP contribution >= 0.6 is 0 Å². The minimum atomic E-state index is -0.635. The zero-order valence-electron chi connectivity index (χ0n) is 12.4. The Hall–Kier alpha value is -3.39. The van der Waals surface area contributed by atoms with Gasteiger partial charge >= 0.3 is 0 Å². The second kappa shape index (κ2) is 5.78. The van der Waals surface area contributed by atoms with Gasteiger partial charge in [0.25, 0.3) is 5.91 Å². The molecule has 0 spiro atoms. The first-order chi connectivity index (χ1) is 11.1. The SMILES string of the molecule is Cc1ccc(/N=c2\oc3ccc(C#N)cc3cc2C(N)=O)cc1. The Morgan fingerprint density at radius 3 is 2.57 bits per heavy atom. The Morgan fingerprint density at radius 2 is 1.91 bits per heavy atom. The predicted molar refractivity (Wildman–Crippen MR) is 85.8 cm³/mol. The lowest BCUT2D eigenvalue weighted by molar-refractivity contribution is 0.0996. The number of hydrogen-bond acceptors (Lipinski definition) is 4. The highest BCUT2D eigenvalue weighted by Crippen LogP contribution is 2.17. The Kier molecular flexibility index (Phi) is 3.65. The number of aryl methyl sites for hydroxylation is 1. The van der Waals surface area contributed by atoms with E-state index in [0.29, 0.717) is 22.2 Å². The van der Waals surface area contributed by atoms with E-state index in [4.69, 9.17) is 15.4 Å². The summed E-state index contributed by atoms with van der Waals surface area (Å²) in [6.07, 6.45) is 0. The molecule has 5 nitrogen and oxygen atoms in total. The second-order valence-corrected chi connectivity index (χ2v) is 5.14. The molecule has 1 heterocycles. The highest BCUT2D eigenvalue weighted by atomic mass is 16.3. The van der Waals surface area contributed by atoms with Crippen LogP contribution in [0.25, 0.3) is 11.0 Å². The number of nitrogens with two attached hydrogens (primary N) is 1. The van der Waals surface area contributed by atoms with Crippen LogP contribution < -0.4 is 11.3 Å². The minimum absolute atomic E-state index is 0.151. The predicted octanol–water partition coefficient (Wildman–Crippen LogP) is 2.94. The van der Waals surface area contributed by atoms with Crippen molar-refractivity contribution in [3.63, 3.8) is 0 Å². The molecule has 0 aliphatic heterocycles. The molecule has 0 radical (unpaired) electrons. The number of nitrogens with zero attached hydrogens (tertiary/aromatic N) is 2. The van der Waals surface area contributed by atoms with Crippen LogP contribution in [0.2, 0.25) is 0 Å². The molecule has 112 valence electrons. The Balaban J connectivity index is 2.26. The first kappa shape index (κ1) is 14.5. The number of nitriles is 1. The number of fused-ring (bicyclic) bond motifs is 1. The molecule has 0 aliphatic rings. The van der Waals surface area contributed by atoms with Crippen molar-refractivity contribution in [1.29, 1.82) is 5.26 Å². The average molecular weight is 303 g/mol. The van der Waals surface area contributed by atoms with Crippen LogP contribution in [0, 0.1) is 18.3 Å². The van der Waals surface area contributed by atoms with Crippen LogP contribution in [0.3, 0.4) is 0 Å². The van der Waals surface area contributed by atoms with Crippen molar-refractivity contribution in [3.8, 4) is 6.07 Å². The van der Waals surface area contributed by atoms with Gasteiger partial charge in [0.1, 0.15) is 11.1 Å². The molecule has 3 rings (SSSR count). The van der Waals surface area contributed by atoms with Gasteiger partial charge < -0.3 is 10.2 Å². The molecule has 0 unspecified atom stereocenters. The molecule has 0 fully saturated rings. The molecule has 3 aromatic rings. The third-order valence-electron chi connectivity index (χ3n) is 3.41. The van der Waals surface area contributed by atoms with E-state index in [1.807, 2.05) is 37.3 Å². The normalized spacial score (nSPS) is 11.4. The fourth-order valence-electron chi connectivity index (χ4n) is 2.20. The minimum Gasteiger partial charge on any atom is -0.438 e. The number of benzene rings is 2. The van der Waals surface area contributed by atoms with Crippen molar-refractivity contribution in [2.75, 3.05) is 0 Å². The van der Waals surface area contributed by atoms with Crippen LogP contribution in [-0.2, 0) is 0 Å². The van der Waals surface area contributed by atoms with Gasteiger partial charge in [-0.15, -0.1) is 0 Å². The zero-order valence-corrected chi connectivity index (χ0v) is 12.4. The Bertz CT molecular complexity index is 1010. The molecule has 0 atom stereocenters. The molecule has 2 aromatic carbocycles. The molecule has 1 amide bonds. The highest BCUT2D eigenvalue weighted by Gasteiger charge is 2.10. The maximum absolute atomic E-state index is 11.7. The molecule has 0 bridgehead atoms. The summed E-state index contributed by atoms with van der Waals surface area (Å²) in [5.41, 5.74) is 8.53. The lowest BCUT2D eigenvalue weighted by Gasteiger charge is -2.02. The lowest BCUT2D eigenvalue weighted by Crippen LogP contribution is -2.21. The van der Waals surface area contributed by atoms with E-state index in [1.54, 1.807) is 24.3 Å². The van der Waals surface area contributed by atoms with Gasteiger partial charge in [-0.3, -0.25) is 4.79 Å².